The van der Waals surface area contributed by atoms with Gasteiger partial charge >= 0.3 is 0 Å². The molecule has 4 heteroatoms. The molecular weight excluding hydrogens is 332 g/mol. The Kier molecular flexibility index (Phi) is 4.41. The molecule has 2 nitrogen and oxygen atoms in total. The van der Waals surface area contributed by atoms with Crippen LogP contribution in [0, 0.1) is 0 Å². The van der Waals surface area contributed by atoms with Crippen LogP contribution in [0.15, 0.2) is 27.1 Å². The van der Waals surface area contributed by atoms with Gasteiger partial charge in [-0.15, -0.1) is 0 Å². The lowest BCUT2D eigenvalue weighted by atomic mass is 10.1. The number of benzene rings is 1. The second-order valence-electron chi connectivity index (χ2n) is 4.16. The van der Waals surface area contributed by atoms with Gasteiger partial charge in [-0.3, -0.25) is 4.90 Å². The van der Waals surface area contributed by atoms with Gasteiger partial charge in [0.15, 0.2) is 0 Å². The van der Waals surface area contributed by atoms with Gasteiger partial charge in [0.2, 0.25) is 0 Å². The van der Waals surface area contributed by atoms with Gasteiger partial charge in [0.1, 0.15) is 0 Å². The number of rotatable bonds is 2. The van der Waals surface area contributed by atoms with Crippen molar-refractivity contribution in [2.45, 2.75) is 13.0 Å². The van der Waals surface area contributed by atoms with Gasteiger partial charge in [-0.25, -0.2) is 0 Å². The second kappa shape index (κ2) is 5.63. The average Bonchev–Trinajstić information content (AvgIpc) is 2.28. The zero-order valence-electron chi connectivity index (χ0n) is 9.34. The van der Waals surface area contributed by atoms with Crippen LogP contribution in [0.5, 0.6) is 0 Å². The van der Waals surface area contributed by atoms with Gasteiger partial charge in [-0.2, -0.15) is 0 Å². The largest absolute Gasteiger partial charge is 0.314 e. The Hall–Kier alpha value is 0.1000. The summed E-state index contributed by atoms with van der Waals surface area (Å²) < 4.78 is 2.28. The molecule has 0 spiro atoms. The molecule has 88 valence electrons. The fourth-order valence-corrected chi connectivity index (χ4v) is 3.43. The van der Waals surface area contributed by atoms with Crippen LogP contribution in [0.1, 0.15) is 18.5 Å². The van der Waals surface area contributed by atoms with E-state index in [9.17, 15) is 0 Å². The van der Waals surface area contributed by atoms with E-state index in [1.54, 1.807) is 0 Å². The summed E-state index contributed by atoms with van der Waals surface area (Å²) in [4.78, 5) is 2.52. The molecule has 1 aromatic carbocycles. The van der Waals surface area contributed by atoms with Crippen LogP contribution >= 0.6 is 31.9 Å². The molecule has 2 rings (SSSR count). The summed E-state index contributed by atoms with van der Waals surface area (Å²) in [6, 6.07) is 6.97. The molecule has 0 saturated carbocycles. The zero-order chi connectivity index (χ0) is 11.5. The first-order valence-corrected chi connectivity index (χ1v) is 7.16. The fraction of sp³-hybridized carbons (Fsp3) is 0.500. The Morgan fingerprint density at radius 2 is 1.69 bits per heavy atom. The maximum absolute atomic E-state index is 3.54. The number of hydrogen-bond acceptors (Lipinski definition) is 2. The van der Waals surface area contributed by atoms with Crippen molar-refractivity contribution in [1.82, 2.24) is 10.2 Å². The summed E-state index contributed by atoms with van der Waals surface area (Å²) in [5, 5.41) is 3.38. The van der Waals surface area contributed by atoms with Gasteiger partial charge in [-0.1, -0.05) is 31.9 Å². The van der Waals surface area contributed by atoms with Crippen LogP contribution in [-0.2, 0) is 0 Å². The first-order valence-electron chi connectivity index (χ1n) is 5.57. The third kappa shape index (κ3) is 3.06. The van der Waals surface area contributed by atoms with E-state index in [-0.39, 0.29) is 0 Å². The molecule has 1 aliphatic heterocycles. The number of piperazine rings is 1. The average molecular weight is 348 g/mol. The van der Waals surface area contributed by atoms with Gasteiger partial charge < -0.3 is 5.32 Å². The van der Waals surface area contributed by atoms with Crippen LogP contribution in [0.2, 0.25) is 0 Å². The lowest BCUT2D eigenvalue weighted by molar-refractivity contribution is 0.185. The van der Waals surface area contributed by atoms with E-state index in [1.807, 2.05) is 0 Å². The Balaban J connectivity index is 2.15. The Morgan fingerprint density at radius 3 is 2.25 bits per heavy atom. The molecule has 1 saturated heterocycles. The molecule has 1 aliphatic rings. The summed E-state index contributed by atoms with van der Waals surface area (Å²) >= 11 is 7.09. The van der Waals surface area contributed by atoms with Gasteiger partial charge in [-0.05, 0) is 30.7 Å². The molecule has 0 unspecified atom stereocenters. The minimum Gasteiger partial charge on any atom is -0.314 e. The summed E-state index contributed by atoms with van der Waals surface area (Å²) in [6.45, 7) is 6.73. The van der Waals surface area contributed by atoms with E-state index in [1.165, 1.54) is 5.56 Å². The van der Waals surface area contributed by atoms with Crippen molar-refractivity contribution in [3.05, 3.63) is 32.7 Å². The third-order valence-corrected chi connectivity index (χ3v) is 3.98. The lowest BCUT2D eigenvalue weighted by Gasteiger charge is -2.33. The standard InChI is InChI=1S/C12H16Br2N2/c1-9(16-4-2-15-3-5-16)10-6-11(13)8-12(14)7-10/h6-9,15H,2-5H2,1H3/t9-/m0/s1. The van der Waals surface area contributed by atoms with E-state index in [0.29, 0.717) is 6.04 Å². The van der Waals surface area contributed by atoms with Crippen molar-refractivity contribution in [3.63, 3.8) is 0 Å². The predicted octanol–water partition coefficient (Wildman–Crippen LogP) is 3.18. The van der Waals surface area contributed by atoms with E-state index < -0.39 is 0 Å². The molecular formula is C12H16Br2N2. The van der Waals surface area contributed by atoms with Crippen molar-refractivity contribution in [1.29, 1.82) is 0 Å². The quantitative estimate of drug-likeness (QED) is 0.883. The van der Waals surface area contributed by atoms with E-state index in [4.69, 9.17) is 0 Å². The van der Waals surface area contributed by atoms with E-state index in [0.717, 1.165) is 35.1 Å². The molecule has 1 atom stereocenters. The second-order valence-corrected chi connectivity index (χ2v) is 6.00. The Labute approximate surface area is 114 Å². The summed E-state index contributed by atoms with van der Waals surface area (Å²) in [5.74, 6) is 0. The predicted molar refractivity (Wildman–Crippen MR) is 74.7 cm³/mol. The summed E-state index contributed by atoms with van der Waals surface area (Å²) in [6.07, 6.45) is 0. The minimum absolute atomic E-state index is 0.482. The number of halogens is 2. The molecule has 0 aromatic heterocycles. The first-order chi connectivity index (χ1) is 7.66. The molecule has 1 aromatic rings. The van der Waals surface area contributed by atoms with Gasteiger partial charge in [0.25, 0.3) is 0 Å². The highest BCUT2D eigenvalue weighted by Crippen LogP contribution is 2.27. The van der Waals surface area contributed by atoms with Crippen LogP contribution in [-0.4, -0.2) is 31.1 Å². The summed E-state index contributed by atoms with van der Waals surface area (Å²) in [7, 11) is 0. The third-order valence-electron chi connectivity index (χ3n) is 3.07. The smallest absolute Gasteiger partial charge is 0.0321 e. The maximum atomic E-state index is 3.54. The molecule has 0 aliphatic carbocycles. The van der Waals surface area contributed by atoms with Crippen molar-refractivity contribution >= 4 is 31.9 Å². The normalized spacial score (nSPS) is 19.7. The van der Waals surface area contributed by atoms with Gasteiger partial charge in [0.05, 0.1) is 0 Å². The van der Waals surface area contributed by atoms with Crippen molar-refractivity contribution in [2.75, 3.05) is 26.2 Å². The lowest BCUT2D eigenvalue weighted by Crippen LogP contribution is -2.44. The number of nitrogens with zero attached hydrogens (tertiary/aromatic N) is 1. The van der Waals surface area contributed by atoms with Crippen LogP contribution < -0.4 is 5.32 Å². The van der Waals surface area contributed by atoms with E-state index >= 15 is 0 Å². The fourth-order valence-electron chi connectivity index (χ4n) is 2.10. The molecule has 0 bridgehead atoms. The highest BCUT2D eigenvalue weighted by molar-refractivity contribution is 9.11. The molecule has 1 fully saturated rings. The van der Waals surface area contributed by atoms with Crippen molar-refractivity contribution in [3.8, 4) is 0 Å². The van der Waals surface area contributed by atoms with Crippen LogP contribution in [0.3, 0.4) is 0 Å². The monoisotopic (exact) mass is 346 g/mol. The number of hydrogen-bond donors (Lipinski definition) is 1. The SMILES string of the molecule is C[C@@H](c1cc(Br)cc(Br)c1)N1CCNCC1. The van der Waals surface area contributed by atoms with Crippen molar-refractivity contribution < 1.29 is 0 Å². The van der Waals surface area contributed by atoms with Crippen LogP contribution in [0.4, 0.5) is 0 Å². The van der Waals surface area contributed by atoms with Crippen molar-refractivity contribution in [2.24, 2.45) is 0 Å². The Bertz CT molecular complexity index is 342. The van der Waals surface area contributed by atoms with Gasteiger partial charge in [0, 0.05) is 41.2 Å². The Morgan fingerprint density at radius 1 is 1.12 bits per heavy atom. The molecule has 0 amide bonds. The summed E-state index contributed by atoms with van der Waals surface area (Å²) in [5.41, 5.74) is 1.36. The molecule has 0 radical (unpaired) electrons. The maximum Gasteiger partial charge on any atom is 0.0321 e. The first kappa shape index (κ1) is 12.6. The number of nitrogens with one attached hydrogen (secondary N) is 1. The molecule has 1 N–H and O–H groups in total. The van der Waals surface area contributed by atoms with Crippen LogP contribution in [0.25, 0.3) is 0 Å². The molecule has 16 heavy (non-hydrogen) atoms. The topological polar surface area (TPSA) is 15.3 Å². The zero-order valence-corrected chi connectivity index (χ0v) is 12.5. The highest BCUT2D eigenvalue weighted by atomic mass is 79.9. The highest BCUT2D eigenvalue weighted by Gasteiger charge is 2.18. The minimum atomic E-state index is 0.482. The molecule has 1 heterocycles. The van der Waals surface area contributed by atoms with E-state index in [2.05, 4.69) is 67.2 Å².